The minimum absolute atomic E-state index is 0.0699. The zero-order valence-electron chi connectivity index (χ0n) is 12.0. The summed E-state index contributed by atoms with van der Waals surface area (Å²) in [5.74, 6) is -0.0699. The van der Waals surface area contributed by atoms with Gasteiger partial charge < -0.3 is 5.32 Å². The standard InChI is InChI=1S/C15H17Cl2N3O/c1-10-5-3-6-12(9-10)15(21)18-7-4-8-20-14(17)13(16)11(2)19-20/h3,5-6,9H,4,7-8H2,1-2H3,(H,18,21). The number of hydrogen-bond donors (Lipinski definition) is 1. The number of nitrogens with one attached hydrogen (secondary N) is 1. The first-order valence-corrected chi connectivity index (χ1v) is 7.48. The molecule has 0 atom stereocenters. The highest BCUT2D eigenvalue weighted by Gasteiger charge is 2.10. The van der Waals surface area contributed by atoms with Gasteiger partial charge in [0.05, 0.1) is 5.69 Å². The Morgan fingerprint density at radius 3 is 2.71 bits per heavy atom. The third-order valence-electron chi connectivity index (χ3n) is 3.11. The maximum absolute atomic E-state index is 12.0. The topological polar surface area (TPSA) is 46.9 Å². The predicted octanol–water partition coefficient (Wildman–Crippen LogP) is 3.63. The third kappa shape index (κ3) is 3.99. The molecule has 0 radical (unpaired) electrons. The molecule has 0 saturated heterocycles. The minimum Gasteiger partial charge on any atom is -0.352 e. The van der Waals surface area contributed by atoms with E-state index in [9.17, 15) is 4.79 Å². The third-order valence-corrected chi connectivity index (χ3v) is 4.04. The van der Waals surface area contributed by atoms with Gasteiger partial charge >= 0.3 is 0 Å². The summed E-state index contributed by atoms with van der Waals surface area (Å²) < 4.78 is 1.65. The molecule has 0 saturated carbocycles. The van der Waals surface area contributed by atoms with Crippen LogP contribution in [0.15, 0.2) is 24.3 Å². The van der Waals surface area contributed by atoms with Crippen LogP contribution in [0.3, 0.4) is 0 Å². The Balaban J connectivity index is 1.82. The Bertz CT molecular complexity index is 652. The van der Waals surface area contributed by atoms with E-state index in [1.54, 1.807) is 10.7 Å². The van der Waals surface area contributed by atoms with Crippen LogP contribution in [0.4, 0.5) is 0 Å². The number of nitrogens with zero attached hydrogens (tertiary/aromatic N) is 2. The van der Waals surface area contributed by atoms with Crippen LogP contribution in [0, 0.1) is 13.8 Å². The molecule has 6 heteroatoms. The Labute approximate surface area is 134 Å². The quantitative estimate of drug-likeness (QED) is 0.853. The van der Waals surface area contributed by atoms with Crippen molar-refractivity contribution in [1.29, 1.82) is 0 Å². The molecule has 2 rings (SSSR count). The SMILES string of the molecule is Cc1cccc(C(=O)NCCCn2nc(C)c(Cl)c2Cl)c1. The summed E-state index contributed by atoms with van der Waals surface area (Å²) in [7, 11) is 0. The average molecular weight is 326 g/mol. The number of carbonyl (C=O) groups excluding carboxylic acids is 1. The normalized spacial score (nSPS) is 10.7. The van der Waals surface area contributed by atoms with Crippen molar-refractivity contribution in [3.63, 3.8) is 0 Å². The number of halogens is 2. The van der Waals surface area contributed by atoms with E-state index in [0.717, 1.165) is 12.0 Å². The monoisotopic (exact) mass is 325 g/mol. The van der Waals surface area contributed by atoms with Gasteiger partial charge in [-0.2, -0.15) is 5.10 Å². The molecule has 1 aromatic carbocycles. The summed E-state index contributed by atoms with van der Waals surface area (Å²) in [6.07, 6.45) is 0.731. The lowest BCUT2D eigenvalue weighted by Gasteiger charge is -2.06. The molecule has 0 fully saturated rings. The van der Waals surface area contributed by atoms with E-state index >= 15 is 0 Å². The molecule has 0 aliphatic carbocycles. The maximum Gasteiger partial charge on any atom is 0.251 e. The van der Waals surface area contributed by atoms with Gasteiger partial charge in [0.2, 0.25) is 0 Å². The highest BCUT2D eigenvalue weighted by molar-refractivity contribution is 6.41. The lowest BCUT2D eigenvalue weighted by atomic mass is 10.1. The number of hydrogen-bond acceptors (Lipinski definition) is 2. The Kier molecular flexibility index (Phi) is 5.26. The first-order valence-electron chi connectivity index (χ1n) is 6.72. The fourth-order valence-electron chi connectivity index (χ4n) is 2.00. The molecule has 112 valence electrons. The van der Waals surface area contributed by atoms with Crippen molar-refractivity contribution in [2.24, 2.45) is 0 Å². The number of carbonyl (C=O) groups is 1. The molecule has 0 bridgehead atoms. The molecule has 0 aliphatic heterocycles. The van der Waals surface area contributed by atoms with Crippen LogP contribution in [0.1, 0.15) is 28.0 Å². The molecule has 0 unspecified atom stereocenters. The van der Waals surface area contributed by atoms with Gasteiger partial charge in [0.15, 0.2) is 0 Å². The smallest absolute Gasteiger partial charge is 0.251 e. The van der Waals surface area contributed by atoms with Crippen molar-refractivity contribution in [3.05, 3.63) is 51.3 Å². The van der Waals surface area contributed by atoms with Crippen molar-refractivity contribution < 1.29 is 4.79 Å². The second-order valence-corrected chi connectivity index (χ2v) is 5.63. The lowest BCUT2D eigenvalue weighted by Crippen LogP contribution is -2.25. The molecule has 1 N–H and O–H groups in total. The number of aryl methyl sites for hydroxylation is 3. The van der Waals surface area contributed by atoms with Crippen molar-refractivity contribution in [1.82, 2.24) is 15.1 Å². The Morgan fingerprint density at radius 2 is 2.10 bits per heavy atom. The molecular weight excluding hydrogens is 309 g/mol. The maximum atomic E-state index is 12.0. The number of benzene rings is 1. The second kappa shape index (κ2) is 6.96. The highest BCUT2D eigenvalue weighted by Crippen LogP contribution is 2.24. The van der Waals surface area contributed by atoms with E-state index in [1.807, 2.05) is 32.0 Å². The summed E-state index contributed by atoms with van der Waals surface area (Å²) in [6.45, 7) is 4.94. The zero-order valence-corrected chi connectivity index (χ0v) is 13.5. The predicted molar refractivity (Wildman–Crippen MR) is 85.1 cm³/mol. The van der Waals surface area contributed by atoms with Crippen LogP contribution in [0.2, 0.25) is 10.2 Å². The molecule has 0 spiro atoms. The van der Waals surface area contributed by atoms with E-state index in [-0.39, 0.29) is 5.91 Å². The fourth-order valence-corrected chi connectivity index (χ4v) is 2.39. The molecule has 0 aliphatic rings. The minimum atomic E-state index is -0.0699. The first-order chi connectivity index (χ1) is 9.99. The van der Waals surface area contributed by atoms with E-state index in [4.69, 9.17) is 23.2 Å². The number of amides is 1. The van der Waals surface area contributed by atoms with Gasteiger partial charge in [-0.1, -0.05) is 40.9 Å². The van der Waals surface area contributed by atoms with Crippen molar-refractivity contribution in [3.8, 4) is 0 Å². The van der Waals surface area contributed by atoms with Gasteiger partial charge in [-0.15, -0.1) is 0 Å². The molecule has 1 amide bonds. The molecular formula is C15H17Cl2N3O. The van der Waals surface area contributed by atoms with Gasteiger partial charge in [-0.05, 0) is 32.4 Å². The summed E-state index contributed by atoms with van der Waals surface area (Å²) in [4.78, 5) is 12.0. The van der Waals surface area contributed by atoms with Crippen LogP contribution in [0.5, 0.6) is 0 Å². The fraction of sp³-hybridized carbons (Fsp3) is 0.333. The van der Waals surface area contributed by atoms with Crippen LogP contribution in [0.25, 0.3) is 0 Å². The molecule has 1 aromatic heterocycles. The highest BCUT2D eigenvalue weighted by atomic mass is 35.5. The van der Waals surface area contributed by atoms with E-state index in [2.05, 4.69) is 10.4 Å². The number of rotatable bonds is 5. The van der Waals surface area contributed by atoms with Gasteiger partial charge in [0.1, 0.15) is 10.2 Å². The lowest BCUT2D eigenvalue weighted by molar-refractivity contribution is 0.0952. The summed E-state index contributed by atoms with van der Waals surface area (Å²) in [5.41, 5.74) is 2.45. The summed E-state index contributed by atoms with van der Waals surface area (Å²) in [6, 6.07) is 7.50. The zero-order chi connectivity index (χ0) is 15.4. The van der Waals surface area contributed by atoms with Gasteiger partial charge in [-0.3, -0.25) is 9.48 Å². The first kappa shape index (κ1) is 15.9. The van der Waals surface area contributed by atoms with Crippen molar-refractivity contribution in [2.45, 2.75) is 26.8 Å². The van der Waals surface area contributed by atoms with Crippen molar-refractivity contribution in [2.75, 3.05) is 6.54 Å². The largest absolute Gasteiger partial charge is 0.352 e. The second-order valence-electron chi connectivity index (χ2n) is 4.89. The van der Waals surface area contributed by atoms with E-state index in [0.29, 0.717) is 34.5 Å². The van der Waals surface area contributed by atoms with E-state index in [1.165, 1.54) is 0 Å². The average Bonchev–Trinajstić information content (AvgIpc) is 2.71. The van der Waals surface area contributed by atoms with Crippen LogP contribution in [-0.2, 0) is 6.54 Å². The molecule has 2 aromatic rings. The Hall–Kier alpha value is -1.52. The molecule has 1 heterocycles. The van der Waals surface area contributed by atoms with Gasteiger partial charge in [-0.25, -0.2) is 0 Å². The van der Waals surface area contributed by atoms with Gasteiger partial charge in [0, 0.05) is 18.7 Å². The van der Waals surface area contributed by atoms with E-state index < -0.39 is 0 Å². The van der Waals surface area contributed by atoms with Crippen molar-refractivity contribution >= 4 is 29.1 Å². The number of aromatic nitrogens is 2. The van der Waals surface area contributed by atoms with Gasteiger partial charge in [0.25, 0.3) is 5.91 Å². The molecule has 4 nitrogen and oxygen atoms in total. The van der Waals surface area contributed by atoms with Crippen LogP contribution >= 0.6 is 23.2 Å². The van der Waals surface area contributed by atoms with Crippen LogP contribution in [-0.4, -0.2) is 22.2 Å². The Morgan fingerprint density at radius 1 is 1.33 bits per heavy atom. The molecule has 21 heavy (non-hydrogen) atoms. The van der Waals surface area contributed by atoms with Crippen LogP contribution < -0.4 is 5.32 Å². The summed E-state index contributed by atoms with van der Waals surface area (Å²) >= 11 is 12.0. The summed E-state index contributed by atoms with van der Waals surface area (Å²) in [5, 5.41) is 8.05.